The maximum Gasteiger partial charge on any atom is 0.238 e. The zero-order valence-corrected chi connectivity index (χ0v) is 18.3. The first-order chi connectivity index (χ1) is 11.3. The number of rotatable bonds is 5. The summed E-state index contributed by atoms with van der Waals surface area (Å²) in [7, 11) is -3.64. The minimum Gasteiger partial charge on any atom is -0.357 e. The molecule has 0 spiro atoms. The van der Waals surface area contributed by atoms with Gasteiger partial charge in [-0.2, -0.15) is 0 Å². The molecule has 0 bridgehead atoms. The number of sulfonamides is 1. The summed E-state index contributed by atoms with van der Waals surface area (Å²) >= 11 is 0. The van der Waals surface area contributed by atoms with E-state index in [1.807, 2.05) is 0 Å². The summed E-state index contributed by atoms with van der Waals surface area (Å²) in [6.45, 7) is 9.98. The van der Waals surface area contributed by atoms with Crippen LogP contribution < -0.4 is 10.5 Å². The first-order valence-corrected chi connectivity index (χ1v) is 9.97. The molecular weight excluding hydrogens is 451 g/mol. The van der Waals surface area contributed by atoms with Gasteiger partial charge < -0.3 is 10.2 Å². The van der Waals surface area contributed by atoms with Crippen molar-refractivity contribution >= 4 is 40.0 Å². The van der Waals surface area contributed by atoms with Crippen LogP contribution in [0.3, 0.4) is 0 Å². The van der Waals surface area contributed by atoms with Gasteiger partial charge in [-0.15, -0.1) is 24.0 Å². The lowest BCUT2D eigenvalue weighted by Crippen LogP contribution is -2.41. The van der Waals surface area contributed by atoms with Gasteiger partial charge in [0, 0.05) is 19.6 Å². The summed E-state index contributed by atoms with van der Waals surface area (Å²) in [5.74, 6) is 0.921. The number of likely N-dealkylation sites (tertiary alicyclic amines) is 1. The maximum atomic E-state index is 11.3. The van der Waals surface area contributed by atoms with Crippen molar-refractivity contribution in [1.82, 2.24) is 10.2 Å². The average molecular weight is 480 g/mol. The molecule has 0 aromatic heterocycles. The van der Waals surface area contributed by atoms with Crippen LogP contribution in [0.4, 0.5) is 0 Å². The van der Waals surface area contributed by atoms with Crippen LogP contribution in [0.25, 0.3) is 0 Å². The zero-order valence-electron chi connectivity index (χ0n) is 15.2. The van der Waals surface area contributed by atoms with Crippen molar-refractivity contribution in [2.24, 2.45) is 15.5 Å². The van der Waals surface area contributed by atoms with Gasteiger partial charge in [0.05, 0.1) is 11.4 Å². The first-order valence-electron chi connectivity index (χ1n) is 8.42. The molecule has 25 heavy (non-hydrogen) atoms. The lowest BCUT2D eigenvalue weighted by atomic mass is 9.87. The fourth-order valence-corrected chi connectivity index (χ4v) is 3.39. The Labute approximate surface area is 168 Å². The molecule has 142 valence electrons. The molecular formula is C17H29IN4O2S. The van der Waals surface area contributed by atoms with Gasteiger partial charge in [0.15, 0.2) is 5.96 Å². The third-order valence-corrected chi connectivity index (χ3v) is 5.64. The molecule has 1 atom stereocenters. The van der Waals surface area contributed by atoms with Crippen LogP contribution in [0.15, 0.2) is 34.2 Å². The number of nitrogens with one attached hydrogen (secondary N) is 1. The van der Waals surface area contributed by atoms with E-state index in [0.717, 1.165) is 37.6 Å². The number of primary sulfonamides is 1. The van der Waals surface area contributed by atoms with Crippen LogP contribution in [-0.2, 0) is 16.6 Å². The molecule has 1 aromatic carbocycles. The van der Waals surface area contributed by atoms with E-state index in [2.05, 4.69) is 31.0 Å². The van der Waals surface area contributed by atoms with E-state index in [4.69, 9.17) is 10.1 Å². The monoisotopic (exact) mass is 480 g/mol. The fourth-order valence-electron chi connectivity index (χ4n) is 2.87. The molecule has 8 heteroatoms. The molecule has 1 aliphatic heterocycles. The minimum absolute atomic E-state index is 0. The Morgan fingerprint density at radius 3 is 2.44 bits per heavy atom. The van der Waals surface area contributed by atoms with Crippen LogP contribution in [0.5, 0.6) is 0 Å². The largest absolute Gasteiger partial charge is 0.357 e. The maximum absolute atomic E-state index is 11.3. The topological polar surface area (TPSA) is 87.8 Å². The number of halogens is 1. The molecule has 1 aliphatic rings. The van der Waals surface area contributed by atoms with Gasteiger partial charge in [-0.1, -0.05) is 26.0 Å². The molecule has 1 heterocycles. The third-order valence-electron chi connectivity index (χ3n) is 4.71. The Bertz CT molecular complexity index is 691. The van der Waals surface area contributed by atoms with E-state index in [1.165, 1.54) is 18.6 Å². The normalized spacial score (nSPS) is 21.1. The van der Waals surface area contributed by atoms with Crippen molar-refractivity contribution < 1.29 is 8.42 Å². The Balaban J connectivity index is 0.00000312. The van der Waals surface area contributed by atoms with Crippen LogP contribution in [0, 0.1) is 5.41 Å². The van der Waals surface area contributed by atoms with E-state index in [9.17, 15) is 8.42 Å². The second-order valence-corrected chi connectivity index (χ2v) is 8.26. The number of benzene rings is 1. The van der Waals surface area contributed by atoms with Gasteiger partial charge in [-0.05, 0) is 42.9 Å². The van der Waals surface area contributed by atoms with Crippen LogP contribution in [-0.4, -0.2) is 38.9 Å². The fraction of sp³-hybridized carbons (Fsp3) is 0.588. The molecule has 0 amide bonds. The molecule has 0 saturated carbocycles. The SMILES string of the molecule is CCNC(=NCc1ccc(S(N)(=O)=O)cc1)N1CCC(C)(CC)C1.I. The first kappa shape index (κ1) is 22.2. The number of hydrogen-bond acceptors (Lipinski definition) is 3. The van der Waals surface area contributed by atoms with Crippen molar-refractivity contribution in [3.05, 3.63) is 29.8 Å². The number of aliphatic imine (C=N–C) groups is 1. The highest BCUT2D eigenvalue weighted by Crippen LogP contribution is 2.32. The third kappa shape index (κ3) is 6.10. The van der Waals surface area contributed by atoms with E-state index in [0.29, 0.717) is 12.0 Å². The molecule has 1 aromatic rings. The van der Waals surface area contributed by atoms with E-state index < -0.39 is 10.0 Å². The van der Waals surface area contributed by atoms with Crippen molar-refractivity contribution in [1.29, 1.82) is 0 Å². The summed E-state index contributed by atoms with van der Waals surface area (Å²) < 4.78 is 22.6. The van der Waals surface area contributed by atoms with Crippen molar-refractivity contribution in [2.75, 3.05) is 19.6 Å². The lowest BCUT2D eigenvalue weighted by Gasteiger charge is -2.25. The van der Waals surface area contributed by atoms with Gasteiger partial charge in [0.1, 0.15) is 0 Å². The number of nitrogens with two attached hydrogens (primary N) is 1. The predicted molar refractivity (Wildman–Crippen MR) is 113 cm³/mol. The molecule has 0 aliphatic carbocycles. The number of hydrogen-bond donors (Lipinski definition) is 2. The van der Waals surface area contributed by atoms with E-state index >= 15 is 0 Å². The Hall–Kier alpha value is -0.870. The highest BCUT2D eigenvalue weighted by Gasteiger charge is 2.33. The van der Waals surface area contributed by atoms with E-state index in [-0.39, 0.29) is 28.9 Å². The Morgan fingerprint density at radius 1 is 1.32 bits per heavy atom. The summed E-state index contributed by atoms with van der Waals surface area (Å²) in [4.78, 5) is 7.14. The number of guanidine groups is 1. The molecule has 0 radical (unpaired) electrons. The molecule has 1 saturated heterocycles. The summed E-state index contributed by atoms with van der Waals surface area (Å²) in [5, 5.41) is 8.47. The summed E-state index contributed by atoms with van der Waals surface area (Å²) in [6.07, 6.45) is 2.34. The standard InChI is InChI=1S/C17H28N4O2S.HI/c1-4-17(3)10-11-21(13-17)16(19-5-2)20-12-14-6-8-15(9-7-14)24(18,22)23;/h6-9H,4-5,10-13H2,1-3H3,(H,19,20)(H2,18,22,23);1H. The van der Waals surface area contributed by atoms with Crippen LogP contribution >= 0.6 is 24.0 Å². The predicted octanol–water partition coefficient (Wildman–Crippen LogP) is 2.54. The molecule has 3 N–H and O–H groups in total. The summed E-state index contributed by atoms with van der Waals surface area (Å²) in [5.41, 5.74) is 1.31. The zero-order chi connectivity index (χ0) is 17.8. The molecule has 1 fully saturated rings. The molecule has 1 unspecified atom stereocenters. The summed E-state index contributed by atoms with van der Waals surface area (Å²) in [6, 6.07) is 6.56. The second kappa shape index (κ2) is 9.18. The van der Waals surface area contributed by atoms with Gasteiger partial charge in [-0.25, -0.2) is 18.5 Å². The molecule has 2 rings (SSSR count). The molecule has 6 nitrogen and oxygen atoms in total. The Kier molecular flexibility index (Phi) is 8.14. The van der Waals surface area contributed by atoms with Gasteiger partial charge in [-0.3, -0.25) is 0 Å². The van der Waals surface area contributed by atoms with Crippen LogP contribution in [0.1, 0.15) is 39.2 Å². The minimum atomic E-state index is -3.64. The Morgan fingerprint density at radius 2 is 1.96 bits per heavy atom. The van der Waals surface area contributed by atoms with Crippen molar-refractivity contribution in [2.45, 2.75) is 45.1 Å². The highest BCUT2D eigenvalue weighted by atomic mass is 127. The number of nitrogens with zero attached hydrogens (tertiary/aromatic N) is 2. The van der Waals surface area contributed by atoms with Crippen LogP contribution in [0.2, 0.25) is 0 Å². The highest BCUT2D eigenvalue weighted by molar-refractivity contribution is 14.0. The van der Waals surface area contributed by atoms with Gasteiger partial charge in [0.2, 0.25) is 10.0 Å². The quantitative estimate of drug-likeness (QED) is 0.385. The van der Waals surface area contributed by atoms with Gasteiger partial charge in [0.25, 0.3) is 0 Å². The lowest BCUT2D eigenvalue weighted by molar-refractivity contribution is 0.322. The van der Waals surface area contributed by atoms with Crippen molar-refractivity contribution in [3.63, 3.8) is 0 Å². The van der Waals surface area contributed by atoms with Crippen molar-refractivity contribution in [3.8, 4) is 0 Å². The van der Waals surface area contributed by atoms with E-state index in [1.54, 1.807) is 12.1 Å². The van der Waals surface area contributed by atoms with Gasteiger partial charge >= 0.3 is 0 Å². The average Bonchev–Trinajstić information content (AvgIpc) is 2.94. The second-order valence-electron chi connectivity index (χ2n) is 6.69. The smallest absolute Gasteiger partial charge is 0.238 e.